The highest BCUT2D eigenvalue weighted by molar-refractivity contribution is 5.75. The molecule has 5 heteroatoms. The molecule has 100 valence electrons. The third-order valence-electron chi connectivity index (χ3n) is 3.35. The minimum Gasteiger partial charge on any atom is -0.370 e. The zero-order valence-corrected chi connectivity index (χ0v) is 11.0. The molecule has 2 N–H and O–H groups in total. The summed E-state index contributed by atoms with van der Waals surface area (Å²) in [6.07, 6.45) is 2.06. The summed E-state index contributed by atoms with van der Waals surface area (Å²) in [6, 6.07) is 7.90. The molecule has 1 aliphatic rings. The van der Waals surface area contributed by atoms with Crippen molar-refractivity contribution in [3.8, 4) is 0 Å². The van der Waals surface area contributed by atoms with Gasteiger partial charge in [-0.3, -0.25) is 4.98 Å². The summed E-state index contributed by atoms with van der Waals surface area (Å²) >= 11 is 0. The van der Waals surface area contributed by atoms with Crippen LogP contribution in [0.2, 0.25) is 0 Å². The Morgan fingerprint density at radius 1 is 1.32 bits per heavy atom. The Balaban J connectivity index is 1.90. The van der Waals surface area contributed by atoms with Crippen molar-refractivity contribution in [2.45, 2.75) is 19.1 Å². The topological polar surface area (TPSA) is 64.3 Å². The van der Waals surface area contributed by atoms with Crippen LogP contribution in [0.4, 0.5) is 5.82 Å². The van der Waals surface area contributed by atoms with Gasteiger partial charge in [0.25, 0.3) is 0 Å². The SMILES string of the molecule is CC1CN(c2cnc3ccccc3n2)CC(CN)O1. The molecule has 2 aromatic rings. The minimum atomic E-state index is 0.0667. The van der Waals surface area contributed by atoms with Gasteiger partial charge in [-0.25, -0.2) is 4.98 Å². The Hall–Kier alpha value is -1.72. The Morgan fingerprint density at radius 3 is 2.89 bits per heavy atom. The number of ether oxygens (including phenoxy) is 1. The molecule has 1 fully saturated rings. The predicted octanol–water partition coefficient (Wildman–Crippen LogP) is 1.18. The van der Waals surface area contributed by atoms with E-state index in [0.29, 0.717) is 6.54 Å². The van der Waals surface area contributed by atoms with E-state index in [1.807, 2.05) is 30.5 Å². The van der Waals surface area contributed by atoms with Crippen molar-refractivity contribution in [2.24, 2.45) is 5.73 Å². The molecule has 19 heavy (non-hydrogen) atoms. The molecular formula is C14H18N4O. The van der Waals surface area contributed by atoms with Gasteiger partial charge >= 0.3 is 0 Å². The van der Waals surface area contributed by atoms with E-state index in [-0.39, 0.29) is 12.2 Å². The number of hydrogen-bond acceptors (Lipinski definition) is 5. The number of benzene rings is 1. The van der Waals surface area contributed by atoms with Crippen molar-refractivity contribution in [2.75, 3.05) is 24.5 Å². The molecule has 0 amide bonds. The number of fused-ring (bicyclic) bond motifs is 1. The summed E-state index contributed by atoms with van der Waals surface area (Å²) in [5.74, 6) is 0.896. The molecule has 0 spiro atoms. The van der Waals surface area contributed by atoms with E-state index < -0.39 is 0 Å². The monoisotopic (exact) mass is 258 g/mol. The van der Waals surface area contributed by atoms with E-state index in [9.17, 15) is 0 Å². The highest BCUT2D eigenvalue weighted by Crippen LogP contribution is 2.19. The number of nitrogens with zero attached hydrogens (tertiary/aromatic N) is 3. The molecule has 0 saturated carbocycles. The first-order valence-corrected chi connectivity index (χ1v) is 6.58. The van der Waals surface area contributed by atoms with Crippen molar-refractivity contribution in [3.05, 3.63) is 30.5 Å². The van der Waals surface area contributed by atoms with Crippen LogP contribution in [0.1, 0.15) is 6.92 Å². The summed E-state index contributed by atoms with van der Waals surface area (Å²) in [4.78, 5) is 11.3. The second-order valence-electron chi connectivity index (χ2n) is 4.93. The van der Waals surface area contributed by atoms with Crippen LogP contribution in [0.25, 0.3) is 11.0 Å². The van der Waals surface area contributed by atoms with Gasteiger partial charge in [0.2, 0.25) is 0 Å². The fourth-order valence-electron chi connectivity index (χ4n) is 2.46. The van der Waals surface area contributed by atoms with Crippen LogP contribution in [-0.2, 0) is 4.74 Å². The molecule has 2 unspecified atom stereocenters. The lowest BCUT2D eigenvalue weighted by atomic mass is 10.2. The van der Waals surface area contributed by atoms with Crippen LogP contribution in [0, 0.1) is 0 Å². The van der Waals surface area contributed by atoms with Crippen molar-refractivity contribution >= 4 is 16.9 Å². The maximum absolute atomic E-state index is 5.76. The van der Waals surface area contributed by atoms with E-state index in [1.165, 1.54) is 0 Å². The smallest absolute Gasteiger partial charge is 0.148 e. The Labute approximate surface area is 112 Å². The summed E-state index contributed by atoms with van der Waals surface area (Å²) in [6.45, 7) is 4.18. The second kappa shape index (κ2) is 5.11. The van der Waals surface area contributed by atoms with Crippen LogP contribution in [0.3, 0.4) is 0 Å². The van der Waals surface area contributed by atoms with Crippen LogP contribution >= 0.6 is 0 Å². The molecule has 1 aromatic carbocycles. The van der Waals surface area contributed by atoms with Crippen LogP contribution in [0.5, 0.6) is 0 Å². The van der Waals surface area contributed by atoms with Gasteiger partial charge in [-0.05, 0) is 19.1 Å². The number of rotatable bonds is 2. The number of morpholine rings is 1. The van der Waals surface area contributed by atoms with E-state index >= 15 is 0 Å². The van der Waals surface area contributed by atoms with Crippen molar-refractivity contribution in [1.82, 2.24) is 9.97 Å². The molecule has 2 atom stereocenters. The first kappa shape index (κ1) is 12.3. The number of para-hydroxylation sites is 2. The Bertz CT molecular complexity index is 574. The first-order chi connectivity index (χ1) is 9.26. The van der Waals surface area contributed by atoms with Gasteiger partial charge in [-0.15, -0.1) is 0 Å². The number of aromatic nitrogens is 2. The number of hydrogen-bond donors (Lipinski definition) is 1. The first-order valence-electron chi connectivity index (χ1n) is 6.58. The van der Waals surface area contributed by atoms with Crippen LogP contribution in [-0.4, -0.2) is 41.8 Å². The molecule has 0 radical (unpaired) electrons. The maximum Gasteiger partial charge on any atom is 0.148 e. The third-order valence-corrected chi connectivity index (χ3v) is 3.35. The molecule has 2 heterocycles. The van der Waals surface area contributed by atoms with Gasteiger partial charge in [0.15, 0.2) is 0 Å². The summed E-state index contributed by atoms with van der Waals surface area (Å²) < 4.78 is 5.76. The van der Waals surface area contributed by atoms with Crippen molar-refractivity contribution in [1.29, 1.82) is 0 Å². The maximum atomic E-state index is 5.76. The molecule has 5 nitrogen and oxygen atoms in total. The van der Waals surface area contributed by atoms with Gasteiger partial charge < -0.3 is 15.4 Å². The van der Waals surface area contributed by atoms with Crippen LogP contribution in [0.15, 0.2) is 30.5 Å². The van der Waals surface area contributed by atoms with Gasteiger partial charge in [-0.2, -0.15) is 0 Å². The van der Waals surface area contributed by atoms with Gasteiger partial charge in [0.1, 0.15) is 5.82 Å². The quantitative estimate of drug-likeness (QED) is 0.876. The predicted molar refractivity (Wildman–Crippen MR) is 75.1 cm³/mol. The van der Waals surface area contributed by atoms with E-state index in [0.717, 1.165) is 29.9 Å². The second-order valence-corrected chi connectivity index (χ2v) is 4.93. The fourth-order valence-corrected chi connectivity index (χ4v) is 2.46. The largest absolute Gasteiger partial charge is 0.370 e. The lowest BCUT2D eigenvalue weighted by Gasteiger charge is -2.36. The highest BCUT2D eigenvalue weighted by Gasteiger charge is 2.25. The average molecular weight is 258 g/mol. The zero-order chi connectivity index (χ0) is 13.2. The molecular weight excluding hydrogens is 240 g/mol. The van der Waals surface area contributed by atoms with E-state index in [2.05, 4.69) is 21.8 Å². The molecule has 3 rings (SSSR count). The summed E-state index contributed by atoms with van der Waals surface area (Å²) in [7, 11) is 0. The Morgan fingerprint density at radius 2 is 2.11 bits per heavy atom. The highest BCUT2D eigenvalue weighted by atomic mass is 16.5. The van der Waals surface area contributed by atoms with Crippen LogP contribution < -0.4 is 10.6 Å². The number of nitrogens with two attached hydrogens (primary N) is 1. The third kappa shape index (κ3) is 2.52. The summed E-state index contributed by atoms with van der Waals surface area (Å²) in [5.41, 5.74) is 7.55. The minimum absolute atomic E-state index is 0.0667. The lowest BCUT2D eigenvalue weighted by Crippen LogP contribution is -2.49. The molecule has 1 saturated heterocycles. The average Bonchev–Trinajstić information content (AvgIpc) is 2.46. The summed E-state index contributed by atoms with van der Waals surface area (Å²) in [5, 5.41) is 0. The molecule has 0 aliphatic carbocycles. The van der Waals surface area contributed by atoms with Gasteiger partial charge in [-0.1, -0.05) is 12.1 Å². The van der Waals surface area contributed by atoms with Crippen molar-refractivity contribution < 1.29 is 4.74 Å². The Kier molecular flexibility index (Phi) is 3.31. The standard InChI is InChI=1S/C14H18N4O/c1-10-8-18(9-11(6-15)19-10)14-7-16-12-4-2-3-5-13(12)17-14/h2-5,7,10-11H,6,8-9,15H2,1H3. The van der Waals surface area contributed by atoms with Gasteiger partial charge in [0.05, 0.1) is 29.4 Å². The van der Waals surface area contributed by atoms with E-state index in [4.69, 9.17) is 10.5 Å². The van der Waals surface area contributed by atoms with Crippen molar-refractivity contribution in [3.63, 3.8) is 0 Å². The normalized spacial score (nSPS) is 23.8. The zero-order valence-electron chi connectivity index (χ0n) is 11.0. The molecule has 1 aromatic heterocycles. The molecule has 0 bridgehead atoms. The molecule has 1 aliphatic heterocycles. The fraction of sp³-hybridized carbons (Fsp3) is 0.429. The van der Waals surface area contributed by atoms with Gasteiger partial charge in [0, 0.05) is 19.6 Å². The van der Waals surface area contributed by atoms with E-state index in [1.54, 1.807) is 0 Å². The number of anilines is 1. The lowest BCUT2D eigenvalue weighted by molar-refractivity contribution is -0.0107.